The first-order chi connectivity index (χ1) is 6.96. The molecule has 2 rings (SSSR count). The first-order valence-corrected chi connectivity index (χ1v) is 5.94. The minimum absolute atomic E-state index is 0. The number of rotatable bonds is 1. The third-order valence-electron chi connectivity index (χ3n) is 3.42. The molecule has 16 heavy (non-hydrogen) atoms. The molecule has 2 heterocycles. The maximum Gasteiger partial charge on any atom is 0.223 e. The molecular weight excluding hydrogens is 224 g/mol. The van der Waals surface area contributed by atoms with Gasteiger partial charge in [-0.2, -0.15) is 0 Å². The van der Waals surface area contributed by atoms with Gasteiger partial charge in [-0.3, -0.25) is 4.79 Å². The van der Waals surface area contributed by atoms with Gasteiger partial charge >= 0.3 is 0 Å². The molecule has 0 saturated carbocycles. The number of likely N-dealkylation sites (tertiary alicyclic amines) is 1. The van der Waals surface area contributed by atoms with Gasteiger partial charge in [-0.15, -0.1) is 12.4 Å². The molecule has 3 nitrogen and oxygen atoms in total. The van der Waals surface area contributed by atoms with Crippen molar-refractivity contribution < 1.29 is 4.79 Å². The van der Waals surface area contributed by atoms with Crippen LogP contribution in [0.25, 0.3) is 0 Å². The topological polar surface area (TPSA) is 32.3 Å². The Morgan fingerprint density at radius 1 is 1.25 bits per heavy atom. The summed E-state index contributed by atoms with van der Waals surface area (Å²) in [6.07, 6.45) is 0.680. The maximum atomic E-state index is 12.0. The molecule has 2 aliphatic heterocycles. The van der Waals surface area contributed by atoms with Crippen LogP contribution < -0.4 is 5.32 Å². The Bertz CT molecular complexity index is 250. The van der Waals surface area contributed by atoms with Gasteiger partial charge < -0.3 is 10.2 Å². The lowest BCUT2D eigenvalue weighted by Gasteiger charge is -2.23. The number of halogens is 1. The standard InChI is InChI=1S/C12H22N2O.ClH/c1-12(2,3)4-11(15)14-7-9-5-13-6-10(9)8-14;/h9-10,13H,4-8H2,1-3H3;1H/t9-,10+;. The van der Waals surface area contributed by atoms with Gasteiger partial charge in [0.15, 0.2) is 0 Å². The van der Waals surface area contributed by atoms with E-state index in [0.717, 1.165) is 26.2 Å². The van der Waals surface area contributed by atoms with Crippen molar-refractivity contribution in [2.75, 3.05) is 26.2 Å². The predicted molar refractivity (Wildman–Crippen MR) is 67.7 cm³/mol. The first kappa shape index (κ1) is 13.8. The summed E-state index contributed by atoms with van der Waals surface area (Å²) in [6.45, 7) is 10.5. The first-order valence-electron chi connectivity index (χ1n) is 5.94. The SMILES string of the molecule is CC(C)(C)CC(=O)N1C[C@H]2CNC[C@H]2C1.Cl. The van der Waals surface area contributed by atoms with Gasteiger partial charge in [-0.05, 0) is 17.3 Å². The number of hydrogen-bond acceptors (Lipinski definition) is 2. The molecule has 1 amide bonds. The van der Waals surface area contributed by atoms with Gasteiger partial charge in [0.25, 0.3) is 0 Å². The van der Waals surface area contributed by atoms with E-state index in [1.54, 1.807) is 0 Å². The number of carbonyl (C=O) groups is 1. The van der Waals surface area contributed by atoms with Crippen LogP contribution in [0.3, 0.4) is 0 Å². The van der Waals surface area contributed by atoms with Crippen molar-refractivity contribution in [3.05, 3.63) is 0 Å². The number of hydrogen-bond donors (Lipinski definition) is 1. The quantitative estimate of drug-likeness (QED) is 0.761. The molecule has 94 valence electrons. The van der Waals surface area contributed by atoms with Crippen molar-refractivity contribution in [2.24, 2.45) is 17.3 Å². The molecular formula is C12H23ClN2O. The molecule has 2 aliphatic rings. The molecule has 0 unspecified atom stereocenters. The number of amides is 1. The molecule has 0 bridgehead atoms. The van der Waals surface area contributed by atoms with E-state index in [1.807, 2.05) is 0 Å². The largest absolute Gasteiger partial charge is 0.342 e. The third-order valence-corrected chi connectivity index (χ3v) is 3.42. The van der Waals surface area contributed by atoms with Crippen LogP contribution in [0.4, 0.5) is 0 Å². The summed E-state index contributed by atoms with van der Waals surface area (Å²) in [5.74, 6) is 1.78. The summed E-state index contributed by atoms with van der Waals surface area (Å²) < 4.78 is 0. The lowest BCUT2D eigenvalue weighted by molar-refractivity contribution is -0.132. The van der Waals surface area contributed by atoms with Gasteiger partial charge in [0.2, 0.25) is 5.91 Å². The average molecular weight is 247 g/mol. The Balaban J connectivity index is 0.00000128. The second-order valence-corrected chi connectivity index (χ2v) is 6.21. The minimum Gasteiger partial charge on any atom is -0.342 e. The molecule has 1 N–H and O–H groups in total. The zero-order chi connectivity index (χ0) is 11.1. The van der Waals surface area contributed by atoms with E-state index in [4.69, 9.17) is 0 Å². The Kier molecular flexibility index (Phi) is 4.24. The van der Waals surface area contributed by atoms with Crippen molar-refractivity contribution in [2.45, 2.75) is 27.2 Å². The third kappa shape index (κ3) is 3.11. The van der Waals surface area contributed by atoms with Gasteiger partial charge in [0.05, 0.1) is 0 Å². The highest BCUT2D eigenvalue weighted by molar-refractivity contribution is 5.85. The second-order valence-electron chi connectivity index (χ2n) is 6.21. The molecule has 2 fully saturated rings. The number of fused-ring (bicyclic) bond motifs is 1. The van der Waals surface area contributed by atoms with Crippen LogP contribution in [0, 0.1) is 17.3 Å². The van der Waals surface area contributed by atoms with Gasteiger partial charge in [0, 0.05) is 32.6 Å². The summed E-state index contributed by atoms with van der Waals surface area (Å²) in [5, 5.41) is 3.39. The Morgan fingerprint density at radius 2 is 1.75 bits per heavy atom. The highest BCUT2D eigenvalue weighted by atomic mass is 35.5. The second kappa shape index (κ2) is 4.92. The summed E-state index contributed by atoms with van der Waals surface area (Å²) in [7, 11) is 0. The summed E-state index contributed by atoms with van der Waals surface area (Å²) in [6, 6.07) is 0. The molecule has 4 heteroatoms. The molecule has 2 atom stereocenters. The van der Waals surface area contributed by atoms with Crippen molar-refractivity contribution in [3.63, 3.8) is 0 Å². The minimum atomic E-state index is 0. The van der Waals surface area contributed by atoms with Crippen molar-refractivity contribution in [3.8, 4) is 0 Å². The smallest absolute Gasteiger partial charge is 0.223 e. The lowest BCUT2D eigenvalue weighted by atomic mass is 9.91. The molecule has 0 aromatic heterocycles. The summed E-state index contributed by atoms with van der Waals surface area (Å²) >= 11 is 0. The zero-order valence-electron chi connectivity index (χ0n) is 10.5. The van der Waals surface area contributed by atoms with E-state index in [2.05, 4.69) is 31.0 Å². The molecule has 0 aromatic carbocycles. The highest BCUT2D eigenvalue weighted by Gasteiger charge is 2.38. The fourth-order valence-corrected chi connectivity index (χ4v) is 2.62. The number of nitrogens with zero attached hydrogens (tertiary/aromatic N) is 1. The Labute approximate surface area is 104 Å². The Morgan fingerprint density at radius 3 is 2.19 bits per heavy atom. The predicted octanol–water partition coefficient (Wildman–Crippen LogP) is 1.52. The average Bonchev–Trinajstić information content (AvgIpc) is 2.56. The highest BCUT2D eigenvalue weighted by Crippen LogP contribution is 2.28. The van der Waals surface area contributed by atoms with Crippen LogP contribution in [0.2, 0.25) is 0 Å². The summed E-state index contributed by atoms with van der Waals surface area (Å²) in [4.78, 5) is 14.1. The molecule has 0 aliphatic carbocycles. The van der Waals surface area contributed by atoms with Crippen LogP contribution in [0.15, 0.2) is 0 Å². The van der Waals surface area contributed by atoms with Gasteiger partial charge in [-0.25, -0.2) is 0 Å². The number of carbonyl (C=O) groups excluding carboxylic acids is 1. The van der Waals surface area contributed by atoms with Crippen molar-refractivity contribution in [1.82, 2.24) is 10.2 Å². The molecule has 2 saturated heterocycles. The van der Waals surface area contributed by atoms with Crippen LogP contribution in [0.5, 0.6) is 0 Å². The zero-order valence-corrected chi connectivity index (χ0v) is 11.3. The fraction of sp³-hybridized carbons (Fsp3) is 0.917. The molecule has 0 spiro atoms. The van der Waals surface area contributed by atoms with E-state index in [-0.39, 0.29) is 17.8 Å². The van der Waals surface area contributed by atoms with E-state index in [9.17, 15) is 4.79 Å². The number of nitrogens with one attached hydrogen (secondary N) is 1. The van der Waals surface area contributed by atoms with E-state index in [0.29, 0.717) is 24.2 Å². The van der Waals surface area contributed by atoms with Crippen molar-refractivity contribution in [1.29, 1.82) is 0 Å². The van der Waals surface area contributed by atoms with E-state index >= 15 is 0 Å². The van der Waals surface area contributed by atoms with Crippen LogP contribution in [-0.2, 0) is 4.79 Å². The van der Waals surface area contributed by atoms with E-state index < -0.39 is 0 Å². The van der Waals surface area contributed by atoms with Gasteiger partial charge in [0.1, 0.15) is 0 Å². The van der Waals surface area contributed by atoms with Crippen LogP contribution in [0.1, 0.15) is 27.2 Å². The van der Waals surface area contributed by atoms with Crippen LogP contribution >= 0.6 is 12.4 Å². The maximum absolute atomic E-state index is 12.0. The van der Waals surface area contributed by atoms with Crippen molar-refractivity contribution >= 4 is 18.3 Å². The van der Waals surface area contributed by atoms with Crippen LogP contribution in [-0.4, -0.2) is 37.0 Å². The van der Waals surface area contributed by atoms with E-state index in [1.165, 1.54) is 0 Å². The normalized spacial score (nSPS) is 28.8. The fourth-order valence-electron chi connectivity index (χ4n) is 2.62. The molecule has 0 radical (unpaired) electrons. The monoisotopic (exact) mass is 246 g/mol. The van der Waals surface area contributed by atoms with Gasteiger partial charge in [-0.1, -0.05) is 20.8 Å². The Hall–Kier alpha value is -0.280. The summed E-state index contributed by atoms with van der Waals surface area (Å²) in [5.41, 5.74) is 0.118. The molecule has 0 aromatic rings. The lowest BCUT2D eigenvalue weighted by Crippen LogP contribution is -2.34.